The Kier molecular flexibility index (Phi) is 10.6. The second-order valence-corrected chi connectivity index (χ2v) is 16.7. The van der Waals surface area contributed by atoms with Gasteiger partial charge in [0.2, 0.25) is 5.01 Å². The van der Waals surface area contributed by atoms with Crippen molar-refractivity contribution in [1.82, 2.24) is 4.98 Å². The van der Waals surface area contributed by atoms with Crippen LogP contribution in [0.1, 0.15) is 81.9 Å². The predicted molar refractivity (Wildman–Crippen MR) is 172 cm³/mol. The van der Waals surface area contributed by atoms with Crippen LogP contribution in [0.4, 0.5) is 5.69 Å². The Labute approximate surface area is 236 Å². The van der Waals surface area contributed by atoms with Crippen molar-refractivity contribution in [3.05, 3.63) is 64.9 Å². The van der Waals surface area contributed by atoms with Gasteiger partial charge in [0.05, 0.1) is 37.9 Å². The van der Waals surface area contributed by atoms with E-state index in [-0.39, 0.29) is 0 Å². The van der Waals surface area contributed by atoms with Crippen LogP contribution in [0.2, 0.25) is 0 Å². The van der Waals surface area contributed by atoms with E-state index in [1.807, 2.05) is 0 Å². The summed E-state index contributed by atoms with van der Waals surface area (Å²) in [6.07, 6.45) is 24.6. The van der Waals surface area contributed by atoms with Crippen LogP contribution in [0.15, 0.2) is 48.8 Å². The highest BCUT2D eigenvalue weighted by Gasteiger charge is 2.35. The van der Waals surface area contributed by atoms with Crippen molar-refractivity contribution >= 4 is 46.3 Å². The van der Waals surface area contributed by atoms with Crippen molar-refractivity contribution < 1.29 is 4.57 Å². The molecule has 0 N–H and O–H groups in total. The monoisotopic (exact) mass is 549 g/mol. The molecule has 1 aromatic carbocycles. The molecule has 0 spiro atoms. The number of hydrogen-bond donors (Lipinski definition) is 0. The molecule has 0 saturated heterocycles. The molecular formula is C33H48N3PS+2. The van der Waals surface area contributed by atoms with Crippen molar-refractivity contribution in [2.24, 2.45) is 7.05 Å². The summed E-state index contributed by atoms with van der Waals surface area (Å²) in [6.45, 7) is 10.4. The van der Waals surface area contributed by atoms with Crippen LogP contribution in [0.5, 0.6) is 0 Å². The molecule has 0 atom stereocenters. The Morgan fingerprint density at radius 1 is 0.947 bits per heavy atom. The minimum atomic E-state index is -0.849. The Balaban J connectivity index is 1.51. The lowest BCUT2D eigenvalue weighted by atomic mass is 9.99. The third kappa shape index (κ3) is 7.13. The molecule has 0 radical (unpaired) electrons. The average molecular weight is 550 g/mol. The van der Waals surface area contributed by atoms with Crippen LogP contribution in [0.25, 0.3) is 22.0 Å². The van der Waals surface area contributed by atoms with Gasteiger partial charge in [0, 0.05) is 37.3 Å². The summed E-state index contributed by atoms with van der Waals surface area (Å²) < 4.78 is 3.38. The third-order valence-corrected chi connectivity index (χ3v) is 14.0. The topological polar surface area (TPSA) is 20.0 Å². The second kappa shape index (κ2) is 13.9. The fourth-order valence-corrected chi connectivity index (χ4v) is 12.0. The van der Waals surface area contributed by atoms with E-state index in [0.717, 1.165) is 17.2 Å². The van der Waals surface area contributed by atoms with Crippen LogP contribution >= 0.6 is 18.6 Å². The number of allylic oxidation sites excluding steroid dienone is 2. The molecule has 38 heavy (non-hydrogen) atoms. The number of unbranched alkanes of at least 4 members (excludes halogenated alkanes) is 3. The molecule has 3 nitrogen and oxygen atoms in total. The maximum atomic E-state index is 4.95. The highest BCUT2D eigenvalue weighted by Crippen LogP contribution is 2.61. The Morgan fingerprint density at radius 3 is 2.29 bits per heavy atom. The zero-order valence-corrected chi connectivity index (χ0v) is 26.1. The highest BCUT2D eigenvalue weighted by atomic mass is 32.1. The van der Waals surface area contributed by atoms with Gasteiger partial charge in [0.25, 0.3) is 0 Å². The standard InChI is InChI=1S/C33H48N3PS/c1-6-9-20-37(21-10-7-2,22-11-8-3)23-14-18-36-19-17-28(29-15-12-13-16-30(29)36)25-32-34-33-31(38-32)24-27(4)26-35(33)5/h12-13,15-17,19,24-26H,6-11,14,18,20-23H2,1-5H3/q+2. The van der Waals surface area contributed by atoms with Gasteiger partial charge in [-0.15, -0.1) is 0 Å². The van der Waals surface area contributed by atoms with Gasteiger partial charge >= 0.3 is 5.65 Å². The number of thiazole rings is 1. The molecule has 0 fully saturated rings. The largest absolute Gasteiger partial charge is 0.347 e. The molecule has 2 aromatic heterocycles. The fourth-order valence-electron chi connectivity index (χ4n) is 5.85. The number of benzene rings is 1. The fraction of sp³-hybridized carbons (Fsp3) is 0.515. The smallest absolute Gasteiger partial charge is 0.341 e. The Hall–Kier alpha value is -2.03. The van der Waals surface area contributed by atoms with Crippen molar-refractivity contribution in [1.29, 1.82) is 0 Å². The Bertz CT molecular complexity index is 1240. The quantitative estimate of drug-likeness (QED) is 0.148. The first-order valence-electron chi connectivity index (χ1n) is 14.9. The summed E-state index contributed by atoms with van der Waals surface area (Å²) in [5.41, 5.74) is 6.24. The van der Waals surface area contributed by atoms with Crippen LogP contribution in [0.3, 0.4) is 0 Å². The van der Waals surface area contributed by atoms with Crippen LogP contribution in [0, 0.1) is 6.92 Å². The van der Waals surface area contributed by atoms with Gasteiger partial charge in [-0.25, -0.2) is 4.57 Å². The van der Waals surface area contributed by atoms with Gasteiger partial charge in [-0.1, -0.05) is 69.6 Å². The van der Waals surface area contributed by atoms with Crippen LogP contribution in [-0.4, -0.2) is 36.2 Å². The first kappa shape index (κ1) is 29.0. The van der Waals surface area contributed by atoms with Gasteiger partial charge in [-0.05, 0) is 66.9 Å². The molecule has 0 aliphatic carbocycles. The van der Waals surface area contributed by atoms with Crippen molar-refractivity contribution in [3.63, 3.8) is 0 Å². The number of nitrogens with zero attached hydrogens (tertiary/aromatic N) is 3. The van der Waals surface area contributed by atoms with E-state index in [4.69, 9.17) is 4.98 Å². The zero-order chi connectivity index (χ0) is 27.0. The molecule has 1 aliphatic heterocycles. The van der Waals surface area contributed by atoms with E-state index < -0.39 is 7.26 Å². The summed E-state index contributed by atoms with van der Waals surface area (Å²) in [4.78, 5) is 7.45. The van der Waals surface area contributed by atoms with Crippen LogP contribution < -0.4 is 9.47 Å². The van der Waals surface area contributed by atoms with E-state index >= 15 is 0 Å². The van der Waals surface area contributed by atoms with Gasteiger partial charge in [0.1, 0.15) is 4.70 Å². The number of aryl methyl sites for hydroxylation is 2. The summed E-state index contributed by atoms with van der Waals surface area (Å²) in [5.74, 6) is 0. The summed E-state index contributed by atoms with van der Waals surface area (Å²) in [5, 5.41) is 1.07. The summed E-state index contributed by atoms with van der Waals surface area (Å²) >= 11 is 1.78. The van der Waals surface area contributed by atoms with E-state index in [2.05, 4.69) is 99.1 Å². The summed E-state index contributed by atoms with van der Waals surface area (Å²) in [6, 6.07) is 11.2. The average Bonchev–Trinajstić information content (AvgIpc) is 3.33. The highest BCUT2D eigenvalue weighted by molar-refractivity contribution is 7.75. The number of pyridine rings is 1. The minimum Gasteiger partial charge on any atom is -0.347 e. The first-order valence-corrected chi connectivity index (χ1v) is 18.2. The number of aromatic nitrogens is 2. The third-order valence-electron chi connectivity index (χ3n) is 7.97. The molecule has 204 valence electrons. The lowest BCUT2D eigenvalue weighted by Crippen LogP contribution is -2.28. The second-order valence-electron chi connectivity index (χ2n) is 11.1. The van der Waals surface area contributed by atoms with Gasteiger partial charge in [-0.2, -0.15) is 0 Å². The first-order chi connectivity index (χ1) is 18.5. The van der Waals surface area contributed by atoms with E-state index in [0.29, 0.717) is 0 Å². The summed E-state index contributed by atoms with van der Waals surface area (Å²) in [7, 11) is 1.24. The minimum absolute atomic E-state index is 0.849. The lowest BCUT2D eigenvalue weighted by Gasteiger charge is -2.31. The predicted octanol–water partition coefficient (Wildman–Crippen LogP) is 9.11. The Morgan fingerprint density at radius 2 is 1.61 bits per heavy atom. The molecule has 5 heteroatoms. The van der Waals surface area contributed by atoms with E-state index in [9.17, 15) is 0 Å². The van der Waals surface area contributed by atoms with E-state index in [1.165, 1.54) is 96.7 Å². The number of anilines is 1. The molecule has 1 aliphatic rings. The molecule has 0 unspecified atom stereocenters. The normalized spacial score (nSPS) is 14.6. The molecular weight excluding hydrogens is 501 g/mol. The number of para-hydroxylation sites is 1. The zero-order valence-electron chi connectivity index (χ0n) is 24.4. The van der Waals surface area contributed by atoms with Crippen LogP contribution in [-0.2, 0) is 7.05 Å². The molecule has 3 heterocycles. The molecule has 3 aromatic rings. The lowest BCUT2D eigenvalue weighted by molar-refractivity contribution is -0.647. The molecule has 0 saturated carbocycles. The van der Waals surface area contributed by atoms with Crippen molar-refractivity contribution in [3.8, 4) is 0 Å². The van der Waals surface area contributed by atoms with Crippen molar-refractivity contribution in [2.45, 2.75) is 72.6 Å². The number of hydrogen-bond acceptors (Lipinski definition) is 3. The maximum absolute atomic E-state index is 4.95. The maximum Gasteiger partial charge on any atom is 0.341 e. The number of fused-ring (bicyclic) bond motifs is 2. The van der Waals surface area contributed by atoms with Crippen molar-refractivity contribution in [2.75, 3.05) is 36.1 Å². The molecule has 0 bridgehead atoms. The van der Waals surface area contributed by atoms with Gasteiger partial charge in [-0.3, -0.25) is 0 Å². The molecule has 0 amide bonds. The molecule has 4 rings (SSSR count). The van der Waals surface area contributed by atoms with Gasteiger partial charge < -0.3 is 4.90 Å². The number of rotatable bonds is 14. The van der Waals surface area contributed by atoms with Gasteiger partial charge in [0.15, 0.2) is 0 Å². The SMILES string of the molecule is CCCC[P+](CCCC)(CCCC)CCCN1C=C/C(=C\c2nc3c(cc(C)c[n+]3C)s2)c2ccccc21. The van der Waals surface area contributed by atoms with E-state index in [1.54, 1.807) is 11.3 Å².